The third kappa shape index (κ3) is 2.69. The summed E-state index contributed by atoms with van der Waals surface area (Å²) in [6, 6.07) is 4.87. The van der Waals surface area contributed by atoms with E-state index in [1.165, 1.54) is 36.0 Å². The van der Waals surface area contributed by atoms with Gasteiger partial charge in [0.05, 0.1) is 6.61 Å². The highest BCUT2D eigenvalue weighted by atomic mass is 16.5. The van der Waals surface area contributed by atoms with Crippen LogP contribution in [-0.2, 0) is 6.42 Å². The van der Waals surface area contributed by atoms with Crippen LogP contribution in [0.1, 0.15) is 55.8 Å². The Morgan fingerprint density at radius 3 is 2.89 bits per heavy atom. The van der Waals surface area contributed by atoms with Gasteiger partial charge in [-0.25, -0.2) is 0 Å². The Morgan fingerprint density at radius 1 is 1.33 bits per heavy atom. The van der Waals surface area contributed by atoms with E-state index in [1.54, 1.807) is 0 Å². The molecule has 0 fully saturated rings. The summed E-state index contributed by atoms with van der Waals surface area (Å²) in [6.45, 7) is 8.35. The molecule has 1 aliphatic carbocycles. The van der Waals surface area contributed by atoms with E-state index in [0.717, 1.165) is 25.3 Å². The van der Waals surface area contributed by atoms with Crippen molar-refractivity contribution in [2.24, 2.45) is 0 Å². The van der Waals surface area contributed by atoms with Crippen molar-refractivity contribution < 1.29 is 4.74 Å². The minimum absolute atomic E-state index is 0.522. The fraction of sp³-hybridized carbons (Fsp3) is 0.625. The Hall–Kier alpha value is -1.02. The Morgan fingerprint density at radius 2 is 2.17 bits per heavy atom. The van der Waals surface area contributed by atoms with Crippen LogP contribution in [0.4, 0.5) is 0 Å². The molecule has 0 bridgehead atoms. The fourth-order valence-electron chi connectivity index (χ4n) is 2.95. The number of fused-ring (bicyclic) bond motifs is 1. The van der Waals surface area contributed by atoms with Crippen LogP contribution in [0, 0.1) is 6.92 Å². The molecule has 2 heteroatoms. The molecule has 18 heavy (non-hydrogen) atoms. The number of benzene rings is 1. The highest BCUT2D eigenvalue weighted by Crippen LogP contribution is 2.37. The predicted molar refractivity (Wildman–Crippen MR) is 76.3 cm³/mol. The maximum absolute atomic E-state index is 5.78. The van der Waals surface area contributed by atoms with Crippen molar-refractivity contribution in [2.45, 2.75) is 52.5 Å². The van der Waals surface area contributed by atoms with Crippen molar-refractivity contribution in [3.8, 4) is 5.75 Å². The van der Waals surface area contributed by atoms with Gasteiger partial charge in [-0.2, -0.15) is 0 Å². The van der Waals surface area contributed by atoms with E-state index in [4.69, 9.17) is 4.74 Å². The number of aryl methyl sites for hydroxylation is 1. The van der Waals surface area contributed by atoms with Crippen molar-refractivity contribution in [1.29, 1.82) is 0 Å². The van der Waals surface area contributed by atoms with Gasteiger partial charge in [-0.3, -0.25) is 0 Å². The van der Waals surface area contributed by atoms with Crippen LogP contribution in [0.15, 0.2) is 12.1 Å². The molecule has 2 nitrogen and oxygen atoms in total. The minimum Gasteiger partial charge on any atom is -0.494 e. The largest absolute Gasteiger partial charge is 0.494 e. The number of nitrogens with one attached hydrogen (secondary N) is 1. The molecule has 0 aromatic heterocycles. The Kier molecular flexibility index (Phi) is 4.65. The first-order chi connectivity index (χ1) is 8.77. The zero-order valence-corrected chi connectivity index (χ0v) is 11.9. The molecule has 0 heterocycles. The lowest BCUT2D eigenvalue weighted by Gasteiger charge is -2.29. The van der Waals surface area contributed by atoms with Gasteiger partial charge in [-0.05, 0) is 68.8 Å². The number of ether oxygens (including phenoxy) is 1. The van der Waals surface area contributed by atoms with E-state index >= 15 is 0 Å². The molecule has 1 aromatic rings. The van der Waals surface area contributed by atoms with Gasteiger partial charge in [0.2, 0.25) is 0 Å². The third-order valence-corrected chi connectivity index (χ3v) is 3.74. The highest BCUT2D eigenvalue weighted by molar-refractivity contribution is 5.47. The zero-order chi connectivity index (χ0) is 13.0. The molecule has 1 N–H and O–H groups in total. The molecular weight excluding hydrogens is 222 g/mol. The Labute approximate surface area is 111 Å². The van der Waals surface area contributed by atoms with E-state index in [2.05, 4.69) is 38.2 Å². The van der Waals surface area contributed by atoms with Gasteiger partial charge in [-0.1, -0.05) is 13.0 Å². The predicted octanol–water partition coefficient (Wildman–Crippen LogP) is 3.77. The molecule has 0 aliphatic heterocycles. The fourth-order valence-corrected chi connectivity index (χ4v) is 2.95. The van der Waals surface area contributed by atoms with Crippen molar-refractivity contribution in [3.63, 3.8) is 0 Å². The Balaban J connectivity index is 2.33. The average Bonchev–Trinajstić information content (AvgIpc) is 2.39. The lowest BCUT2D eigenvalue weighted by atomic mass is 9.84. The molecule has 1 aliphatic rings. The Bertz CT molecular complexity index is 400. The minimum atomic E-state index is 0.522. The molecule has 0 radical (unpaired) electrons. The summed E-state index contributed by atoms with van der Waals surface area (Å²) in [4.78, 5) is 0. The summed E-state index contributed by atoms with van der Waals surface area (Å²) < 4.78 is 5.78. The van der Waals surface area contributed by atoms with Gasteiger partial charge in [0.1, 0.15) is 5.75 Å². The summed E-state index contributed by atoms with van der Waals surface area (Å²) in [5, 5.41) is 3.68. The van der Waals surface area contributed by atoms with Crippen LogP contribution in [0.3, 0.4) is 0 Å². The molecule has 0 saturated heterocycles. The second kappa shape index (κ2) is 6.24. The van der Waals surface area contributed by atoms with Crippen molar-refractivity contribution in [3.05, 3.63) is 28.8 Å². The molecule has 0 amide bonds. The molecule has 1 unspecified atom stereocenters. The molecule has 1 atom stereocenters. The molecule has 100 valence electrons. The van der Waals surface area contributed by atoms with E-state index in [9.17, 15) is 0 Å². The maximum Gasteiger partial charge on any atom is 0.122 e. The quantitative estimate of drug-likeness (QED) is 0.855. The van der Waals surface area contributed by atoms with Gasteiger partial charge >= 0.3 is 0 Å². The molecular formula is C16H25NO. The number of rotatable bonds is 5. The SMILES string of the molecule is CCCNC1CCCc2c(OCC)ccc(C)c21. The van der Waals surface area contributed by atoms with E-state index in [1.807, 2.05) is 0 Å². The normalized spacial score (nSPS) is 18.5. The summed E-state index contributed by atoms with van der Waals surface area (Å²) in [5.41, 5.74) is 4.35. The maximum atomic E-state index is 5.78. The summed E-state index contributed by atoms with van der Waals surface area (Å²) in [7, 11) is 0. The number of hydrogen-bond acceptors (Lipinski definition) is 2. The van der Waals surface area contributed by atoms with Crippen LogP contribution in [-0.4, -0.2) is 13.2 Å². The van der Waals surface area contributed by atoms with Crippen LogP contribution >= 0.6 is 0 Å². The van der Waals surface area contributed by atoms with Crippen molar-refractivity contribution in [2.75, 3.05) is 13.2 Å². The molecule has 0 spiro atoms. The zero-order valence-electron chi connectivity index (χ0n) is 11.9. The van der Waals surface area contributed by atoms with Crippen LogP contribution in [0.5, 0.6) is 5.75 Å². The van der Waals surface area contributed by atoms with Crippen molar-refractivity contribution in [1.82, 2.24) is 5.32 Å². The molecule has 0 saturated carbocycles. The topological polar surface area (TPSA) is 21.3 Å². The summed E-state index contributed by atoms with van der Waals surface area (Å²) >= 11 is 0. The van der Waals surface area contributed by atoms with Crippen LogP contribution in [0.25, 0.3) is 0 Å². The first kappa shape index (κ1) is 13.4. The van der Waals surface area contributed by atoms with Gasteiger partial charge in [0.15, 0.2) is 0 Å². The van der Waals surface area contributed by atoms with Crippen molar-refractivity contribution >= 4 is 0 Å². The highest BCUT2D eigenvalue weighted by Gasteiger charge is 2.24. The molecule has 2 rings (SSSR count). The monoisotopic (exact) mass is 247 g/mol. The van der Waals surface area contributed by atoms with Crippen LogP contribution in [0.2, 0.25) is 0 Å². The standard InChI is InChI=1S/C16H25NO/c1-4-11-17-14-8-6-7-13-15(18-5-2)10-9-12(3)16(13)14/h9-10,14,17H,4-8,11H2,1-3H3. The van der Waals surface area contributed by atoms with Gasteiger partial charge in [0, 0.05) is 6.04 Å². The number of hydrogen-bond donors (Lipinski definition) is 1. The lowest BCUT2D eigenvalue weighted by molar-refractivity contribution is 0.331. The second-order valence-corrected chi connectivity index (χ2v) is 5.10. The lowest BCUT2D eigenvalue weighted by Crippen LogP contribution is -2.27. The van der Waals surface area contributed by atoms with Gasteiger partial charge in [0.25, 0.3) is 0 Å². The molecule has 1 aromatic carbocycles. The van der Waals surface area contributed by atoms with E-state index < -0.39 is 0 Å². The van der Waals surface area contributed by atoms with E-state index in [0.29, 0.717) is 6.04 Å². The smallest absolute Gasteiger partial charge is 0.122 e. The summed E-state index contributed by atoms with van der Waals surface area (Å²) in [6.07, 6.45) is 4.87. The van der Waals surface area contributed by atoms with E-state index in [-0.39, 0.29) is 0 Å². The van der Waals surface area contributed by atoms with Gasteiger partial charge in [-0.15, -0.1) is 0 Å². The second-order valence-electron chi connectivity index (χ2n) is 5.10. The van der Waals surface area contributed by atoms with Gasteiger partial charge < -0.3 is 10.1 Å². The first-order valence-electron chi connectivity index (χ1n) is 7.26. The third-order valence-electron chi connectivity index (χ3n) is 3.74. The van der Waals surface area contributed by atoms with Crippen LogP contribution < -0.4 is 10.1 Å². The first-order valence-corrected chi connectivity index (χ1v) is 7.26. The summed E-state index contributed by atoms with van der Waals surface area (Å²) in [5.74, 6) is 1.10. The average molecular weight is 247 g/mol.